The van der Waals surface area contributed by atoms with Crippen LogP contribution in [0.25, 0.3) is 16.6 Å². The van der Waals surface area contributed by atoms with Crippen LogP contribution < -0.4 is 4.74 Å². The fourth-order valence-electron chi connectivity index (χ4n) is 4.03. The van der Waals surface area contributed by atoms with Crippen molar-refractivity contribution < 1.29 is 41.0 Å². The summed E-state index contributed by atoms with van der Waals surface area (Å²) in [5.41, 5.74) is 2.72. The Morgan fingerprint density at radius 2 is 1.83 bits per heavy atom. The molecule has 0 spiro atoms. The number of alkyl halides is 3. The van der Waals surface area contributed by atoms with Gasteiger partial charge in [0.1, 0.15) is 22.8 Å². The number of sulfonamides is 1. The molecule has 3 heterocycles. The lowest BCUT2D eigenvalue weighted by atomic mass is 10.1. The second kappa shape index (κ2) is 12.8. The first kappa shape index (κ1) is 31.5. The van der Waals surface area contributed by atoms with Gasteiger partial charge in [0.05, 0.1) is 23.9 Å². The highest BCUT2D eigenvalue weighted by atomic mass is 35.5. The van der Waals surface area contributed by atoms with Crippen LogP contribution in [-0.2, 0) is 26.2 Å². The summed E-state index contributed by atoms with van der Waals surface area (Å²) in [6, 6.07) is 12.4. The van der Waals surface area contributed by atoms with E-state index in [2.05, 4.69) is 10.1 Å². The summed E-state index contributed by atoms with van der Waals surface area (Å²) >= 11 is 13.0. The number of halogens is 5. The number of aliphatic carboxylic acids is 1. The Morgan fingerprint density at radius 3 is 2.45 bits per heavy atom. The van der Waals surface area contributed by atoms with Gasteiger partial charge in [-0.1, -0.05) is 35.3 Å². The van der Waals surface area contributed by atoms with Crippen LogP contribution in [-0.4, -0.2) is 71.0 Å². The third kappa shape index (κ3) is 6.95. The second-order valence-electron chi connectivity index (χ2n) is 8.83. The predicted molar refractivity (Wildman–Crippen MR) is 148 cm³/mol. The molecule has 224 valence electrons. The van der Waals surface area contributed by atoms with Crippen LogP contribution in [0.4, 0.5) is 13.2 Å². The molecular formula is C26H23Cl2F3N4O6S. The quantitative estimate of drug-likeness (QED) is 0.301. The van der Waals surface area contributed by atoms with E-state index in [1.165, 1.54) is 16.4 Å². The smallest absolute Gasteiger partial charge is 0.487 e. The molecule has 1 aliphatic heterocycles. The minimum absolute atomic E-state index is 0.00285. The van der Waals surface area contributed by atoms with Gasteiger partial charge < -0.3 is 14.6 Å². The maximum Gasteiger partial charge on any atom is 0.490 e. The summed E-state index contributed by atoms with van der Waals surface area (Å²) in [7, 11) is -3.80. The van der Waals surface area contributed by atoms with E-state index in [0.29, 0.717) is 35.1 Å². The molecule has 1 fully saturated rings. The lowest BCUT2D eigenvalue weighted by molar-refractivity contribution is -0.192. The zero-order chi connectivity index (χ0) is 30.7. The molecule has 0 bridgehead atoms. The van der Waals surface area contributed by atoms with E-state index in [1.54, 1.807) is 16.9 Å². The number of rotatable bonds is 6. The van der Waals surface area contributed by atoms with Crippen molar-refractivity contribution in [2.24, 2.45) is 0 Å². The molecular weight excluding hydrogens is 624 g/mol. The molecule has 2 aromatic carbocycles. The van der Waals surface area contributed by atoms with E-state index in [9.17, 15) is 21.6 Å². The number of aromatic nitrogens is 3. The number of carboxylic acid groups (broad SMARTS) is 1. The van der Waals surface area contributed by atoms with E-state index in [0.717, 1.165) is 16.8 Å². The molecule has 4 aromatic rings. The molecule has 2 aromatic heterocycles. The number of benzene rings is 2. The fourth-order valence-corrected chi connectivity index (χ4v) is 6.30. The topological polar surface area (TPSA) is 124 Å². The van der Waals surface area contributed by atoms with Gasteiger partial charge in [0.2, 0.25) is 10.0 Å². The third-order valence-electron chi connectivity index (χ3n) is 6.01. The summed E-state index contributed by atoms with van der Waals surface area (Å²) in [4.78, 5) is 13.6. The Bertz CT molecular complexity index is 1700. The van der Waals surface area contributed by atoms with Gasteiger partial charge in [-0.2, -0.15) is 22.6 Å². The Kier molecular flexibility index (Phi) is 9.63. The average Bonchev–Trinajstić information content (AvgIpc) is 3.48. The minimum atomic E-state index is -5.08. The summed E-state index contributed by atoms with van der Waals surface area (Å²) in [6.07, 6.45) is -1.51. The highest BCUT2D eigenvalue weighted by Gasteiger charge is 2.38. The Morgan fingerprint density at radius 1 is 1.14 bits per heavy atom. The van der Waals surface area contributed by atoms with Crippen LogP contribution in [0.3, 0.4) is 0 Å². The number of hydrogen-bond donors (Lipinski definition) is 1. The van der Waals surface area contributed by atoms with Gasteiger partial charge in [-0.05, 0) is 37.3 Å². The first-order valence-electron chi connectivity index (χ1n) is 12.2. The van der Waals surface area contributed by atoms with E-state index in [1.807, 2.05) is 37.4 Å². The number of morpholine rings is 1. The van der Waals surface area contributed by atoms with Crippen LogP contribution in [0.5, 0.6) is 5.75 Å². The summed E-state index contributed by atoms with van der Waals surface area (Å²) in [5, 5.41) is 12.7. The van der Waals surface area contributed by atoms with E-state index in [-0.39, 0.29) is 29.6 Å². The van der Waals surface area contributed by atoms with E-state index >= 15 is 0 Å². The number of pyridine rings is 1. The molecule has 1 aliphatic rings. The Balaban J connectivity index is 0.000000517. The van der Waals surface area contributed by atoms with Crippen LogP contribution in [0, 0.1) is 6.92 Å². The predicted octanol–water partition coefficient (Wildman–Crippen LogP) is 5.27. The van der Waals surface area contributed by atoms with Crippen LogP contribution in [0.15, 0.2) is 59.8 Å². The number of carboxylic acids is 1. The highest BCUT2D eigenvalue weighted by molar-refractivity contribution is 7.89. The van der Waals surface area contributed by atoms with Crippen molar-refractivity contribution in [2.45, 2.75) is 24.6 Å². The zero-order valence-corrected chi connectivity index (χ0v) is 24.1. The van der Waals surface area contributed by atoms with Crippen molar-refractivity contribution in [3.63, 3.8) is 0 Å². The molecule has 0 radical (unpaired) electrons. The van der Waals surface area contributed by atoms with Crippen molar-refractivity contribution in [3.8, 4) is 11.4 Å². The minimum Gasteiger partial charge on any atom is -0.487 e. The molecule has 1 saturated heterocycles. The fraction of sp³-hybridized carbons (Fsp3) is 0.269. The molecule has 0 amide bonds. The number of ether oxygens (including phenoxy) is 2. The summed E-state index contributed by atoms with van der Waals surface area (Å²) in [5.74, 6) is -2.24. The molecule has 16 heteroatoms. The van der Waals surface area contributed by atoms with Gasteiger partial charge >= 0.3 is 12.1 Å². The molecule has 0 aliphatic carbocycles. The van der Waals surface area contributed by atoms with E-state index < -0.39 is 22.2 Å². The molecule has 5 rings (SSSR count). The first-order valence-corrected chi connectivity index (χ1v) is 14.4. The largest absolute Gasteiger partial charge is 0.490 e. The Labute approximate surface area is 248 Å². The first-order chi connectivity index (χ1) is 19.8. The third-order valence-corrected chi connectivity index (χ3v) is 8.85. The van der Waals surface area contributed by atoms with Crippen molar-refractivity contribution >= 4 is 50.1 Å². The SMILES string of the molecule is Cc1cc(-n2cccn2)c2cccc(OCc3c(Cl)ccc(S(=O)(=O)N4CCOCC4)c3Cl)c2n1.O=C(O)C(F)(F)F. The van der Waals surface area contributed by atoms with Crippen molar-refractivity contribution in [1.82, 2.24) is 19.1 Å². The van der Waals surface area contributed by atoms with Gasteiger partial charge in [-0.15, -0.1) is 0 Å². The molecule has 0 saturated carbocycles. The van der Waals surface area contributed by atoms with Gasteiger partial charge in [0.25, 0.3) is 0 Å². The van der Waals surface area contributed by atoms with Crippen molar-refractivity contribution in [1.29, 1.82) is 0 Å². The second-order valence-corrected chi connectivity index (χ2v) is 11.5. The zero-order valence-electron chi connectivity index (χ0n) is 21.8. The number of para-hydroxylation sites is 1. The normalized spacial score (nSPS) is 14.3. The highest BCUT2D eigenvalue weighted by Crippen LogP contribution is 2.35. The van der Waals surface area contributed by atoms with Crippen molar-refractivity contribution in [2.75, 3.05) is 26.3 Å². The number of hydrogen-bond acceptors (Lipinski definition) is 7. The maximum atomic E-state index is 13.2. The number of nitrogens with zero attached hydrogens (tertiary/aromatic N) is 4. The lowest BCUT2D eigenvalue weighted by Gasteiger charge is -2.26. The lowest BCUT2D eigenvalue weighted by Crippen LogP contribution is -2.40. The van der Waals surface area contributed by atoms with Crippen LogP contribution >= 0.6 is 23.2 Å². The molecule has 0 unspecified atom stereocenters. The van der Waals surface area contributed by atoms with Crippen molar-refractivity contribution in [3.05, 3.63) is 76.2 Å². The molecule has 1 N–H and O–H groups in total. The molecule has 42 heavy (non-hydrogen) atoms. The molecule has 0 atom stereocenters. The van der Waals surface area contributed by atoms with Gasteiger partial charge in [-0.3, -0.25) is 0 Å². The average molecular weight is 647 g/mol. The summed E-state index contributed by atoms with van der Waals surface area (Å²) in [6.45, 7) is 3.09. The Hall–Kier alpha value is -3.43. The van der Waals surface area contributed by atoms with Gasteiger partial charge in [-0.25, -0.2) is 22.9 Å². The number of fused-ring (bicyclic) bond motifs is 1. The summed E-state index contributed by atoms with van der Waals surface area (Å²) < 4.78 is 72.7. The van der Waals surface area contributed by atoms with Crippen LogP contribution in [0.1, 0.15) is 11.3 Å². The molecule has 10 nitrogen and oxygen atoms in total. The van der Waals surface area contributed by atoms with Gasteiger partial charge in [0.15, 0.2) is 0 Å². The maximum absolute atomic E-state index is 13.2. The standard InChI is InChI=1S/C24H22Cl2N4O4S.C2HF3O2/c1-16-14-20(30-9-3-8-27-30)17-4-2-5-21(24(17)28-16)34-15-18-19(25)6-7-22(23(18)26)35(31,32)29-10-12-33-13-11-29;3-2(4,5)1(6)7/h2-9,14H,10-13,15H2,1H3;(H,6,7). The monoisotopic (exact) mass is 646 g/mol. The van der Waals surface area contributed by atoms with E-state index in [4.69, 9.17) is 42.6 Å². The number of carbonyl (C=O) groups is 1. The van der Waals surface area contributed by atoms with Gasteiger partial charge in [0, 0.05) is 47.1 Å². The van der Waals surface area contributed by atoms with Crippen LogP contribution in [0.2, 0.25) is 10.0 Å². The number of aryl methyl sites for hydroxylation is 1.